The van der Waals surface area contributed by atoms with Crippen LogP contribution in [0, 0.1) is 0 Å². The maximum atomic E-state index is 5.88. The van der Waals surface area contributed by atoms with Crippen molar-refractivity contribution in [3.63, 3.8) is 0 Å². The summed E-state index contributed by atoms with van der Waals surface area (Å²) in [7, 11) is 0. The number of pyridine rings is 1. The van der Waals surface area contributed by atoms with Gasteiger partial charge in [-0.15, -0.1) is 0 Å². The molecule has 5 heteroatoms. The number of halogens is 2. The SMILES string of the molecule is Brc1cc(CNCc2cccnc2)ccc1OCc1ccccc1.[Cl-]. The number of nitrogens with zero attached hydrogens (tertiary/aromatic N) is 1. The van der Waals surface area contributed by atoms with Crippen molar-refractivity contribution in [3.05, 3.63) is 94.2 Å². The molecular formula is C20H19BrClN2O-. The molecule has 3 nitrogen and oxygen atoms in total. The maximum Gasteiger partial charge on any atom is 0.134 e. The summed E-state index contributed by atoms with van der Waals surface area (Å²) < 4.78 is 6.85. The summed E-state index contributed by atoms with van der Waals surface area (Å²) >= 11 is 3.59. The third kappa shape index (κ3) is 6.16. The van der Waals surface area contributed by atoms with Gasteiger partial charge in [-0.05, 0) is 50.8 Å². The second-order valence-corrected chi connectivity index (χ2v) is 6.36. The van der Waals surface area contributed by atoms with Crippen molar-refractivity contribution in [1.29, 1.82) is 0 Å². The average Bonchev–Trinajstić information content (AvgIpc) is 2.63. The minimum Gasteiger partial charge on any atom is -1.00 e. The predicted octanol–water partition coefficient (Wildman–Crippen LogP) is 1.72. The first-order chi connectivity index (χ1) is 11.8. The van der Waals surface area contributed by atoms with Gasteiger partial charge in [-0.25, -0.2) is 0 Å². The normalized spacial score (nSPS) is 10.1. The van der Waals surface area contributed by atoms with Gasteiger partial charge in [-0.1, -0.05) is 42.5 Å². The van der Waals surface area contributed by atoms with Gasteiger partial charge in [0.15, 0.2) is 0 Å². The molecule has 0 aliphatic carbocycles. The zero-order valence-electron chi connectivity index (χ0n) is 13.7. The summed E-state index contributed by atoms with van der Waals surface area (Å²) in [5.41, 5.74) is 3.55. The molecule has 130 valence electrons. The first-order valence-electron chi connectivity index (χ1n) is 7.86. The number of nitrogens with one attached hydrogen (secondary N) is 1. The van der Waals surface area contributed by atoms with Crippen LogP contribution < -0.4 is 22.5 Å². The molecule has 2 aromatic carbocycles. The molecule has 0 bridgehead atoms. The number of benzene rings is 2. The lowest BCUT2D eigenvalue weighted by Gasteiger charge is -2.10. The van der Waals surface area contributed by atoms with Crippen molar-refractivity contribution in [1.82, 2.24) is 10.3 Å². The van der Waals surface area contributed by atoms with Gasteiger partial charge >= 0.3 is 0 Å². The Morgan fingerprint density at radius 1 is 0.880 bits per heavy atom. The molecule has 0 amide bonds. The second kappa shape index (κ2) is 10.2. The molecule has 0 unspecified atom stereocenters. The van der Waals surface area contributed by atoms with Crippen LogP contribution in [0.25, 0.3) is 0 Å². The van der Waals surface area contributed by atoms with E-state index in [1.54, 1.807) is 6.20 Å². The Labute approximate surface area is 163 Å². The van der Waals surface area contributed by atoms with E-state index < -0.39 is 0 Å². The molecule has 0 radical (unpaired) electrons. The van der Waals surface area contributed by atoms with Crippen LogP contribution >= 0.6 is 15.9 Å². The Balaban J connectivity index is 0.00000225. The molecule has 3 rings (SSSR count). The van der Waals surface area contributed by atoms with Crippen molar-refractivity contribution in [2.24, 2.45) is 0 Å². The van der Waals surface area contributed by atoms with Crippen molar-refractivity contribution >= 4 is 15.9 Å². The van der Waals surface area contributed by atoms with Crippen LogP contribution in [0.3, 0.4) is 0 Å². The van der Waals surface area contributed by atoms with E-state index in [4.69, 9.17) is 4.74 Å². The van der Waals surface area contributed by atoms with Crippen molar-refractivity contribution < 1.29 is 17.1 Å². The van der Waals surface area contributed by atoms with Gasteiger partial charge in [0, 0.05) is 25.5 Å². The highest BCUT2D eigenvalue weighted by Gasteiger charge is 2.03. The average molecular weight is 419 g/mol. The number of hydrogen-bond acceptors (Lipinski definition) is 3. The van der Waals surface area contributed by atoms with Crippen LogP contribution in [-0.2, 0) is 19.7 Å². The van der Waals surface area contributed by atoms with Gasteiger partial charge in [0.1, 0.15) is 12.4 Å². The Bertz CT molecular complexity index is 769. The molecule has 25 heavy (non-hydrogen) atoms. The molecule has 1 aromatic heterocycles. The number of hydrogen-bond donors (Lipinski definition) is 1. The van der Waals surface area contributed by atoms with Crippen LogP contribution in [0.5, 0.6) is 5.75 Å². The van der Waals surface area contributed by atoms with Gasteiger partial charge in [0.2, 0.25) is 0 Å². The van der Waals surface area contributed by atoms with Gasteiger partial charge in [-0.2, -0.15) is 0 Å². The van der Waals surface area contributed by atoms with E-state index in [9.17, 15) is 0 Å². The highest BCUT2D eigenvalue weighted by Crippen LogP contribution is 2.26. The minimum absolute atomic E-state index is 0. The number of aromatic nitrogens is 1. The Morgan fingerprint density at radius 3 is 2.36 bits per heavy atom. The fraction of sp³-hybridized carbons (Fsp3) is 0.150. The fourth-order valence-electron chi connectivity index (χ4n) is 2.36. The van der Waals surface area contributed by atoms with E-state index in [0.717, 1.165) is 28.9 Å². The van der Waals surface area contributed by atoms with Crippen LogP contribution in [0.4, 0.5) is 0 Å². The molecule has 0 saturated carbocycles. The smallest absolute Gasteiger partial charge is 0.134 e. The summed E-state index contributed by atoms with van der Waals surface area (Å²) in [6.45, 7) is 2.17. The van der Waals surface area contributed by atoms with Crippen LogP contribution in [0.1, 0.15) is 16.7 Å². The number of ether oxygens (including phenoxy) is 1. The van der Waals surface area contributed by atoms with Crippen molar-refractivity contribution in [3.8, 4) is 5.75 Å². The van der Waals surface area contributed by atoms with Crippen LogP contribution in [-0.4, -0.2) is 4.98 Å². The molecule has 0 saturated heterocycles. The lowest BCUT2D eigenvalue weighted by Crippen LogP contribution is -3.00. The molecule has 1 heterocycles. The van der Waals surface area contributed by atoms with Crippen LogP contribution in [0.15, 0.2) is 77.5 Å². The quantitative estimate of drug-likeness (QED) is 0.634. The van der Waals surface area contributed by atoms with Gasteiger partial charge in [0.05, 0.1) is 4.47 Å². The summed E-state index contributed by atoms with van der Waals surface area (Å²) in [4.78, 5) is 4.12. The Kier molecular flexibility index (Phi) is 7.92. The predicted molar refractivity (Wildman–Crippen MR) is 99.7 cm³/mol. The van der Waals surface area contributed by atoms with E-state index in [1.807, 2.05) is 36.5 Å². The van der Waals surface area contributed by atoms with Crippen molar-refractivity contribution in [2.45, 2.75) is 19.7 Å². The molecule has 0 aliphatic rings. The Hall–Kier alpha value is -1.88. The third-order valence-corrected chi connectivity index (χ3v) is 4.23. The zero-order chi connectivity index (χ0) is 16.6. The molecule has 1 N–H and O–H groups in total. The minimum atomic E-state index is 0. The first kappa shape index (κ1) is 19.4. The third-order valence-electron chi connectivity index (χ3n) is 3.61. The standard InChI is InChI=1S/C20H19BrN2O.ClH/c21-19-11-17(12-23-14-18-7-4-10-22-13-18)8-9-20(19)24-15-16-5-2-1-3-6-16;/h1-11,13,23H,12,14-15H2;1H/p-1. The topological polar surface area (TPSA) is 34.2 Å². The first-order valence-corrected chi connectivity index (χ1v) is 8.65. The summed E-state index contributed by atoms with van der Waals surface area (Å²) in [6, 6.07) is 20.4. The zero-order valence-corrected chi connectivity index (χ0v) is 16.0. The molecule has 3 aromatic rings. The van der Waals surface area contributed by atoms with E-state index in [1.165, 1.54) is 11.1 Å². The molecular weight excluding hydrogens is 400 g/mol. The largest absolute Gasteiger partial charge is 1.00 e. The van der Waals surface area contributed by atoms with Gasteiger partial charge in [0.25, 0.3) is 0 Å². The van der Waals surface area contributed by atoms with Crippen molar-refractivity contribution in [2.75, 3.05) is 0 Å². The molecule has 0 aliphatic heterocycles. The molecule has 0 fully saturated rings. The summed E-state index contributed by atoms with van der Waals surface area (Å²) in [5.74, 6) is 0.856. The maximum absolute atomic E-state index is 5.88. The van der Waals surface area contributed by atoms with E-state index in [-0.39, 0.29) is 12.4 Å². The fourth-order valence-corrected chi connectivity index (χ4v) is 2.90. The monoisotopic (exact) mass is 417 g/mol. The van der Waals surface area contributed by atoms with E-state index in [2.05, 4.69) is 56.6 Å². The Morgan fingerprint density at radius 2 is 1.64 bits per heavy atom. The van der Waals surface area contributed by atoms with E-state index in [0.29, 0.717) is 6.61 Å². The number of rotatable bonds is 7. The van der Waals surface area contributed by atoms with Crippen LogP contribution in [0.2, 0.25) is 0 Å². The lowest BCUT2D eigenvalue weighted by atomic mass is 10.2. The highest BCUT2D eigenvalue weighted by atomic mass is 79.9. The molecule has 0 spiro atoms. The van der Waals surface area contributed by atoms with Gasteiger partial charge in [-0.3, -0.25) is 4.98 Å². The van der Waals surface area contributed by atoms with Gasteiger partial charge < -0.3 is 22.5 Å². The summed E-state index contributed by atoms with van der Waals surface area (Å²) in [6.07, 6.45) is 3.66. The van der Waals surface area contributed by atoms with E-state index >= 15 is 0 Å². The lowest BCUT2D eigenvalue weighted by molar-refractivity contribution is -0.00000513. The molecule has 0 atom stereocenters. The summed E-state index contributed by atoms with van der Waals surface area (Å²) in [5, 5.41) is 3.42. The second-order valence-electron chi connectivity index (χ2n) is 5.50. The highest BCUT2D eigenvalue weighted by molar-refractivity contribution is 9.10.